The van der Waals surface area contributed by atoms with E-state index < -0.39 is 17.6 Å². The first-order valence-corrected chi connectivity index (χ1v) is 18.3. The number of rotatable bonds is 32. The van der Waals surface area contributed by atoms with Gasteiger partial charge >= 0.3 is 6.09 Å². The summed E-state index contributed by atoms with van der Waals surface area (Å²) in [4.78, 5) is 42.3. The molecule has 0 aliphatic carbocycles. The average molecular weight is 759 g/mol. The van der Waals surface area contributed by atoms with E-state index >= 15 is 0 Å². The Morgan fingerprint density at radius 3 is 1.45 bits per heavy atom. The number of nitrogens with one attached hydrogen (secondary N) is 2. The van der Waals surface area contributed by atoms with Crippen molar-refractivity contribution in [1.29, 1.82) is 0 Å². The van der Waals surface area contributed by atoms with Crippen molar-refractivity contribution < 1.29 is 61.8 Å². The number of likely N-dealkylation sites (tertiary alicyclic amines) is 1. The first kappa shape index (κ1) is 46.2. The molecule has 2 heterocycles. The molecule has 2 atom stereocenters. The normalized spacial score (nSPS) is 15.9. The molecule has 0 unspecified atom stereocenters. The van der Waals surface area contributed by atoms with Crippen LogP contribution in [0.4, 0.5) is 4.79 Å². The van der Waals surface area contributed by atoms with E-state index in [0.29, 0.717) is 132 Å². The summed E-state index contributed by atoms with van der Waals surface area (Å²) in [6, 6.07) is 3.36. The van der Waals surface area contributed by atoms with Crippen LogP contribution in [-0.4, -0.2) is 172 Å². The second-order valence-corrected chi connectivity index (χ2v) is 12.8. The van der Waals surface area contributed by atoms with Crippen LogP contribution in [0.15, 0.2) is 24.5 Å². The molecule has 2 N–H and O–H groups in total. The number of nitrogens with zero attached hydrogens (tertiary/aromatic N) is 2. The fraction of sp³-hybridized carbons (Fsp3) is 0.778. The van der Waals surface area contributed by atoms with Gasteiger partial charge in [-0.25, -0.2) is 4.79 Å². The molecule has 1 aromatic rings. The molecule has 1 saturated heterocycles. The van der Waals surface area contributed by atoms with Crippen LogP contribution < -0.4 is 10.6 Å². The Hall–Kier alpha value is -3.00. The fourth-order valence-corrected chi connectivity index (χ4v) is 4.89. The quantitative estimate of drug-likeness (QED) is 0.101. The van der Waals surface area contributed by atoms with Gasteiger partial charge in [0.2, 0.25) is 11.8 Å². The van der Waals surface area contributed by atoms with Gasteiger partial charge in [0.05, 0.1) is 131 Å². The summed E-state index contributed by atoms with van der Waals surface area (Å²) in [5.74, 6) is -0.692. The number of hydrogen-bond donors (Lipinski definition) is 2. The first-order chi connectivity index (χ1) is 25.7. The number of hydrogen-bond acceptors (Lipinski definition) is 14. The lowest BCUT2D eigenvalue weighted by atomic mass is 9.94. The van der Waals surface area contributed by atoms with Crippen LogP contribution in [-0.2, 0) is 57.0 Å². The smallest absolute Gasteiger partial charge is 0.407 e. The standard InChI is InChI=1S/C36H62N4O13/c1-36(2,3)53-35(43)39-9-11-45-13-15-47-17-19-49-21-23-51-25-27-52-26-24-50-22-20-48-18-16-46-14-12-44-10-8-38-34(42)31-28-32(41)40(4)33(31)30-6-5-7-37-29-30/h5-7,29,31,33H,8-28H2,1-4H3,(H,38,42)(H,39,43)/t31-,33+/m0/s1. The molecule has 0 radical (unpaired) electrons. The molecule has 304 valence electrons. The zero-order valence-corrected chi connectivity index (χ0v) is 32.0. The van der Waals surface area contributed by atoms with Crippen LogP contribution >= 0.6 is 0 Å². The summed E-state index contributed by atoms with van der Waals surface area (Å²) in [7, 11) is 1.72. The predicted octanol–water partition coefficient (Wildman–Crippen LogP) is 1.39. The largest absolute Gasteiger partial charge is 0.444 e. The number of alkyl carbamates (subject to hydrolysis) is 1. The lowest BCUT2D eigenvalue weighted by molar-refractivity contribution is -0.128. The Balaban J connectivity index is 1.23. The maximum absolute atomic E-state index is 12.8. The van der Waals surface area contributed by atoms with Gasteiger partial charge in [-0.3, -0.25) is 14.6 Å². The zero-order chi connectivity index (χ0) is 38.4. The van der Waals surface area contributed by atoms with Crippen molar-refractivity contribution in [2.75, 3.05) is 139 Å². The second-order valence-electron chi connectivity index (χ2n) is 12.8. The molecule has 1 fully saturated rings. The van der Waals surface area contributed by atoms with Crippen molar-refractivity contribution in [1.82, 2.24) is 20.5 Å². The topological polar surface area (TPSA) is 184 Å². The monoisotopic (exact) mass is 758 g/mol. The van der Waals surface area contributed by atoms with Gasteiger partial charge in [0.25, 0.3) is 0 Å². The highest BCUT2D eigenvalue weighted by atomic mass is 16.6. The lowest BCUT2D eigenvalue weighted by Gasteiger charge is -2.24. The number of amides is 3. The Morgan fingerprint density at radius 1 is 0.679 bits per heavy atom. The van der Waals surface area contributed by atoms with Crippen LogP contribution in [0.1, 0.15) is 38.8 Å². The Kier molecular flexibility index (Phi) is 25.6. The van der Waals surface area contributed by atoms with Crippen LogP contribution in [0, 0.1) is 5.92 Å². The van der Waals surface area contributed by atoms with Crippen molar-refractivity contribution in [3.8, 4) is 0 Å². The fourth-order valence-electron chi connectivity index (χ4n) is 4.89. The summed E-state index contributed by atoms with van der Waals surface area (Å²) in [6.45, 7) is 14.1. The summed E-state index contributed by atoms with van der Waals surface area (Å²) >= 11 is 0. The van der Waals surface area contributed by atoms with E-state index in [1.165, 1.54) is 0 Å². The number of carbonyl (C=O) groups is 3. The molecule has 1 aliphatic heterocycles. The Labute approximate surface area is 313 Å². The maximum Gasteiger partial charge on any atom is 0.407 e. The minimum atomic E-state index is -0.519. The molecule has 3 amide bonds. The second kappa shape index (κ2) is 29.4. The van der Waals surface area contributed by atoms with Gasteiger partial charge in [0.15, 0.2) is 0 Å². The summed E-state index contributed by atoms with van der Waals surface area (Å²) in [5.41, 5.74) is 0.326. The van der Waals surface area contributed by atoms with Crippen LogP contribution in [0.5, 0.6) is 0 Å². The lowest BCUT2D eigenvalue weighted by Crippen LogP contribution is -2.36. The summed E-state index contributed by atoms with van der Waals surface area (Å²) in [6.07, 6.45) is 3.08. The van der Waals surface area contributed by atoms with Crippen molar-refractivity contribution in [2.24, 2.45) is 5.92 Å². The van der Waals surface area contributed by atoms with Gasteiger partial charge in [0.1, 0.15) is 5.60 Å². The molecule has 53 heavy (non-hydrogen) atoms. The van der Waals surface area contributed by atoms with E-state index in [4.69, 9.17) is 47.4 Å². The molecule has 17 nitrogen and oxygen atoms in total. The zero-order valence-electron chi connectivity index (χ0n) is 32.0. The molecule has 1 aromatic heterocycles. The molecule has 17 heteroatoms. The van der Waals surface area contributed by atoms with Crippen LogP contribution in [0.2, 0.25) is 0 Å². The van der Waals surface area contributed by atoms with E-state index in [1.807, 2.05) is 26.8 Å². The highest BCUT2D eigenvalue weighted by molar-refractivity contribution is 5.90. The van der Waals surface area contributed by atoms with Crippen molar-refractivity contribution in [2.45, 2.75) is 38.8 Å². The molecule has 2 rings (SSSR count). The maximum atomic E-state index is 12.8. The van der Waals surface area contributed by atoms with Gasteiger partial charge in [-0.1, -0.05) is 6.07 Å². The van der Waals surface area contributed by atoms with Gasteiger partial charge < -0.3 is 62.9 Å². The molecule has 0 saturated carbocycles. The number of carbonyl (C=O) groups excluding carboxylic acids is 3. The molecule has 0 aromatic carbocycles. The number of ether oxygens (including phenoxy) is 10. The third-order valence-corrected chi connectivity index (χ3v) is 7.39. The average Bonchev–Trinajstić information content (AvgIpc) is 3.43. The molecule has 0 bridgehead atoms. The third-order valence-electron chi connectivity index (χ3n) is 7.39. The van der Waals surface area contributed by atoms with E-state index in [9.17, 15) is 14.4 Å². The Morgan fingerprint density at radius 2 is 1.08 bits per heavy atom. The van der Waals surface area contributed by atoms with E-state index in [-0.39, 0.29) is 24.3 Å². The molecular formula is C36H62N4O13. The van der Waals surface area contributed by atoms with E-state index in [2.05, 4.69) is 15.6 Å². The minimum absolute atomic E-state index is 0.0596. The number of aromatic nitrogens is 1. The van der Waals surface area contributed by atoms with E-state index in [1.54, 1.807) is 30.4 Å². The highest BCUT2D eigenvalue weighted by Crippen LogP contribution is 2.36. The van der Waals surface area contributed by atoms with Gasteiger partial charge in [-0.2, -0.15) is 0 Å². The minimum Gasteiger partial charge on any atom is -0.444 e. The molecule has 1 aliphatic rings. The van der Waals surface area contributed by atoms with Gasteiger partial charge in [-0.15, -0.1) is 0 Å². The van der Waals surface area contributed by atoms with Crippen molar-refractivity contribution >= 4 is 17.9 Å². The molecule has 0 spiro atoms. The van der Waals surface area contributed by atoms with Crippen LogP contribution in [0.25, 0.3) is 0 Å². The van der Waals surface area contributed by atoms with Crippen molar-refractivity contribution in [3.05, 3.63) is 30.1 Å². The first-order valence-electron chi connectivity index (χ1n) is 18.3. The highest BCUT2D eigenvalue weighted by Gasteiger charge is 2.42. The van der Waals surface area contributed by atoms with Crippen LogP contribution in [0.3, 0.4) is 0 Å². The Bertz CT molecular complexity index is 1100. The number of pyridine rings is 1. The summed E-state index contributed by atoms with van der Waals surface area (Å²) in [5, 5.41) is 5.50. The summed E-state index contributed by atoms with van der Waals surface area (Å²) < 4.78 is 54.4. The molecular weight excluding hydrogens is 696 g/mol. The third kappa shape index (κ3) is 23.4. The van der Waals surface area contributed by atoms with E-state index in [0.717, 1.165) is 5.56 Å². The van der Waals surface area contributed by atoms with Gasteiger partial charge in [0, 0.05) is 39.0 Å². The SMILES string of the molecule is CN1C(=O)C[C@H](C(=O)NCCOCCOCCOCCOCCOCCOCCOCCOCCOCCNC(=O)OC(C)(C)C)[C@H]1c1cccnc1. The van der Waals surface area contributed by atoms with Crippen molar-refractivity contribution in [3.63, 3.8) is 0 Å². The van der Waals surface area contributed by atoms with Gasteiger partial charge in [-0.05, 0) is 32.4 Å². The predicted molar refractivity (Wildman–Crippen MR) is 192 cm³/mol.